The summed E-state index contributed by atoms with van der Waals surface area (Å²) in [5.74, 6) is 0. The van der Waals surface area contributed by atoms with Crippen molar-refractivity contribution in [1.29, 1.82) is 0 Å². The maximum absolute atomic E-state index is 2.73. The summed E-state index contributed by atoms with van der Waals surface area (Å²) in [6.07, 6.45) is 6.91. The Morgan fingerprint density at radius 3 is 1.67 bits per heavy atom. The number of hydrogen-bond donors (Lipinski definition) is 0. The molecule has 15 heavy (non-hydrogen) atoms. The number of nitrogens with zero attached hydrogens (tertiary/aromatic N) is 2. The zero-order valence-corrected chi connectivity index (χ0v) is 10.4. The SMILES string of the molecule is CCCCN1C[C@@H]2C[C@H]1CN2CCCC. The molecule has 2 nitrogen and oxygen atoms in total. The molecule has 2 atom stereocenters. The molecule has 2 rings (SSSR count). The summed E-state index contributed by atoms with van der Waals surface area (Å²) in [6, 6.07) is 1.80. The number of rotatable bonds is 6. The van der Waals surface area contributed by atoms with Crippen LogP contribution in [-0.4, -0.2) is 48.1 Å². The first-order valence-electron chi connectivity index (χ1n) is 6.83. The molecule has 0 aliphatic carbocycles. The van der Waals surface area contributed by atoms with E-state index < -0.39 is 0 Å². The Labute approximate surface area is 94.6 Å². The highest BCUT2D eigenvalue weighted by atomic mass is 15.3. The summed E-state index contributed by atoms with van der Waals surface area (Å²) in [6.45, 7) is 9.99. The summed E-state index contributed by atoms with van der Waals surface area (Å²) < 4.78 is 0. The van der Waals surface area contributed by atoms with E-state index in [9.17, 15) is 0 Å². The topological polar surface area (TPSA) is 6.48 Å². The second kappa shape index (κ2) is 5.31. The van der Waals surface area contributed by atoms with Crippen LogP contribution in [0.4, 0.5) is 0 Å². The van der Waals surface area contributed by atoms with E-state index in [1.165, 1.54) is 58.3 Å². The largest absolute Gasteiger partial charge is 0.297 e. The summed E-state index contributed by atoms with van der Waals surface area (Å²) in [7, 11) is 0. The van der Waals surface area contributed by atoms with Crippen LogP contribution in [0.3, 0.4) is 0 Å². The molecule has 2 saturated heterocycles. The van der Waals surface area contributed by atoms with Gasteiger partial charge in [0.05, 0.1) is 0 Å². The zero-order chi connectivity index (χ0) is 10.7. The number of unbranched alkanes of at least 4 members (excludes halogenated alkanes) is 2. The average Bonchev–Trinajstić information content (AvgIpc) is 2.82. The van der Waals surface area contributed by atoms with E-state index in [0.29, 0.717) is 0 Å². The fraction of sp³-hybridized carbons (Fsp3) is 1.00. The summed E-state index contributed by atoms with van der Waals surface area (Å²) in [5.41, 5.74) is 0. The van der Waals surface area contributed by atoms with Crippen LogP contribution in [0.1, 0.15) is 46.0 Å². The summed E-state index contributed by atoms with van der Waals surface area (Å²) >= 11 is 0. The minimum absolute atomic E-state index is 0.901. The third-order valence-electron chi connectivity index (χ3n) is 4.07. The molecule has 2 fully saturated rings. The van der Waals surface area contributed by atoms with Crippen molar-refractivity contribution in [1.82, 2.24) is 9.80 Å². The minimum Gasteiger partial charge on any atom is -0.297 e. The van der Waals surface area contributed by atoms with Crippen molar-refractivity contribution >= 4 is 0 Å². The molecular formula is C13H26N2. The van der Waals surface area contributed by atoms with Crippen LogP contribution in [-0.2, 0) is 0 Å². The summed E-state index contributed by atoms with van der Waals surface area (Å²) in [5, 5.41) is 0. The second-order valence-electron chi connectivity index (χ2n) is 5.24. The summed E-state index contributed by atoms with van der Waals surface area (Å²) in [4.78, 5) is 5.47. The lowest BCUT2D eigenvalue weighted by Crippen LogP contribution is -2.46. The molecule has 88 valence electrons. The van der Waals surface area contributed by atoms with E-state index >= 15 is 0 Å². The van der Waals surface area contributed by atoms with Gasteiger partial charge in [-0.3, -0.25) is 9.80 Å². The van der Waals surface area contributed by atoms with Gasteiger partial charge in [0.15, 0.2) is 0 Å². The average molecular weight is 210 g/mol. The first-order chi connectivity index (χ1) is 7.35. The van der Waals surface area contributed by atoms with Gasteiger partial charge in [0.2, 0.25) is 0 Å². The lowest BCUT2D eigenvalue weighted by atomic mass is 10.2. The highest BCUT2D eigenvalue weighted by Gasteiger charge is 2.41. The monoisotopic (exact) mass is 210 g/mol. The molecule has 0 aromatic carbocycles. The Kier molecular flexibility index (Phi) is 4.04. The normalized spacial score (nSPS) is 31.6. The van der Waals surface area contributed by atoms with Crippen molar-refractivity contribution in [2.45, 2.75) is 58.0 Å². The molecule has 2 aliphatic heterocycles. The standard InChI is InChI=1S/C13H26N2/c1-3-5-7-14-10-13-9-12(14)11-15(13)8-6-4-2/h12-13H,3-11H2,1-2H3/t12-,13-/m0/s1. The Morgan fingerprint density at radius 2 is 1.33 bits per heavy atom. The van der Waals surface area contributed by atoms with E-state index in [2.05, 4.69) is 23.6 Å². The highest BCUT2D eigenvalue weighted by Crippen LogP contribution is 2.30. The van der Waals surface area contributed by atoms with Crippen molar-refractivity contribution in [3.8, 4) is 0 Å². The van der Waals surface area contributed by atoms with Crippen LogP contribution >= 0.6 is 0 Å². The van der Waals surface area contributed by atoms with Gasteiger partial charge in [-0.1, -0.05) is 26.7 Å². The molecule has 2 aliphatic rings. The zero-order valence-electron chi connectivity index (χ0n) is 10.4. The molecule has 0 amide bonds. The van der Waals surface area contributed by atoms with Gasteiger partial charge < -0.3 is 0 Å². The van der Waals surface area contributed by atoms with E-state index in [1.54, 1.807) is 0 Å². The molecule has 0 spiro atoms. The van der Waals surface area contributed by atoms with Crippen LogP contribution < -0.4 is 0 Å². The Balaban J connectivity index is 1.73. The van der Waals surface area contributed by atoms with Gasteiger partial charge in [-0.05, 0) is 32.4 Å². The van der Waals surface area contributed by atoms with Crippen LogP contribution in [0.15, 0.2) is 0 Å². The quantitative estimate of drug-likeness (QED) is 0.664. The molecule has 0 unspecified atom stereocenters. The van der Waals surface area contributed by atoms with E-state index in [1.807, 2.05) is 0 Å². The lowest BCUT2D eigenvalue weighted by Gasteiger charge is -2.34. The van der Waals surface area contributed by atoms with Gasteiger partial charge >= 0.3 is 0 Å². The number of hydrogen-bond acceptors (Lipinski definition) is 2. The lowest BCUT2D eigenvalue weighted by molar-refractivity contribution is 0.126. The van der Waals surface area contributed by atoms with Gasteiger partial charge in [0.1, 0.15) is 0 Å². The van der Waals surface area contributed by atoms with Gasteiger partial charge in [0.25, 0.3) is 0 Å². The predicted molar refractivity (Wildman–Crippen MR) is 65.2 cm³/mol. The number of fused-ring (bicyclic) bond motifs is 2. The molecule has 2 bridgehead atoms. The first kappa shape index (κ1) is 11.4. The van der Waals surface area contributed by atoms with Crippen LogP contribution in [0.2, 0.25) is 0 Å². The van der Waals surface area contributed by atoms with Gasteiger partial charge in [0, 0.05) is 25.2 Å². The molecule has 2 heteroatoms. The number of likely N-dealkylation sites (tertiary alicyclic amines) is 2. The van der Waals surface area contributed by atoms with Crippen molar-refractivity contribution in [3.05, 3.63) is 0 Å². The molecule has 0 saturated carbocycles. The molecule has 0 N–H and O–H groups in total. The first-order valence-corrected chi connectivity index (χ1v) is 6.83. The van der Waals surface area contributed by atoms with Crippen molar-refractivity contribution in [3.63, 3.8) is 0 Å². The van der Waals surface area contributed by atoms with Gasteiger partial charge in [-0.15, -0.1) is 0 Å². The third kappa shape index (κ3) is 2.54. The fourth-order valence-electron chi connectivity index (χ4n) is 3.10. The highest BCUT2D eigenvalue weighted by molar-refractivity contribution is 4.99. The Morgan fingerprint density at radius 1 is 0.867 bits per heavy atom. The van der Waals surface area contributed by atoms with Crippen molar-refractivity contribution < 1.29 is 0 Å². The van der Waals surface area contributed by atoms with Crippen molar-refractivity contribution in [2.24, 2.45) is 0 Å². The van der Waals surface area contributed by atoms with Crippen LogP contribution in [0.5, 0.6) is 0 Å². The van der Waals surface area contributed by atoms with Crippen LogP contribution in [0.25, 0.3) is 0 Å². The van der Waals surface area contributed by atoms with Gasteiger partial charge in [-0.25, -0.2) is 0 Å². The molecule has 0 aromatic heterocycles. The third-order valence-corrected chi connectivity index (χ3v) is 4.07. The smallest absolute Gasteiger partial charge is 0.0239 e. The van der Waals surface area contributed by atoms with E-state index in [4.69, 9.17) is 0 Å². The predicted octanol–water partition coefficient (Wildman–Crippen LogP) is 2.35. The Hall–Kier alpha value is -0.0800. The molecule has 0 aromatic rings. The second-order valence-corrected chi connectivity index (χ2v) is 5.24. The van der Waals surface area contributed by atoms with E-state index in [-0.39, 0.29) is 0 Å². The molecular weight excluding hydrogens is 184 g/mol. The van der Waals surface area contributed by atoms with E-state index in [0.717, 1.165) is 12.1 Å². The van der Waals surface area contributed by atoms with Crippen LogP contribution in [0, 0.1) is 0 Å². The maximum atomic E-state index is 2.73. The maximum Gasteiger partial charge on any atom is 0.0239 e. The fourth-order valence-corrected chi connectivity index (χ4v) is 3.10. The number of piperazine rings is 1. The van der Waals surface area contributed by atoms with Gasteiger partial charge in [-0.2, -0.15) is 0 Å². The molecule has 0 radical (unpaired) electrons. The van der Waals surface area contributed by atoms with Crippen molar-refractivity contribution in [2.75, 3.05) is 26.2 Å². The minimum atomic E-state index is 0.901. The Bertz CT molecular complexity index is 173. The molecule has 2 heterocycles.